The predicted molar refractivity (Wildman–Crippen MR) is 34.9 cm³/mol. The van der Waals surface area contributed by atoms with Crippen molar-refractivity contribution >= 4 is 0 Å². The lowest BCUT2D eigenvalue weighted by Crippen LogP contribution is -1.94. The van der Waals surface area contributed by atoms with Gasteiger partial charge >= 0.3 is 0 Å². The molecule has 0 heterocycles. The van der Waals surface area contributed by atoms with Crippen molar-refractivity contribution in [1.82, 2.24) is 0 Å². The van der Waals surface area contributed by atoms with Crippen LogP contribution in [0.15, 0.2) is 24.3 Å². The Hall–Kier alpha value is -0.980. The fourth-order valence-corrected chi connectivity index (χ4v) is 0.710. The Bertz CT molecular complexity index is 194. The minimum absolute atomic E-state index is 0.0903. The zero-order valence-electron chi connectivity index (χ0n) is 5.13. The zero-order chi connectivity index (χ0) is 6.69. The molecule has 0 saturated heterocycles. The minimum Gasteiger partial charge on any atom is -0.872 e. The van der Waals surface area contributed by atoms with Gasteiger partial charge in [0, 0.05) is 0 Å². The first-order chi connectivity index (χ1) is 4.34. The Morgan fingerprint density at radius 1 is 1.33 bits per heavy atom. The highest BCUT2D eigenvalue weighted by Gasteiger charge is 1.80. The quantitative estimate of drug-likeness (QED) is 0.509. The second-order valence-electron chi connectivity index (χ2n) is 1.86. The molecule has 0 saturated carbocycles. The first-order valence-electron chi connectivity index (χ1n) is 2.89. The van der Waals surface area contributed by atoms with Gasteiger partial charge < -0.3 is 12.0 Å². The average Bonchev–Trinajstić information content (AvgIpc) is 1.89. The summed E-state index contributed by atoms with van der Waals surface area (Å²) in [6.45, 7) is 3.62. The highest BCUT2D eigenvalue weighted by molar-refractivity contribution is 5.30. The molecule has 0 aliphatic carbocycles. The van der Waals surface area contributed by atoms with E-state index in [9.17, 15) is 5.11 Å². The molecule has 0 unspecified atom stereocenters. The Kier molecular flexibility index (Phi) is 1.73. The van der Waals surface area contributed by atoms with Crippen molar-refractivity contribution in [2.45, 2.75) is 6.42 Å². The minimum atomic E-state index is 0.0903. The average molecular weight is 120 g/mol. The smallest absolute Gasteiger partial charge is 0.0621 e. The van der Waals surface area contributed by atoms with Crippen LogP contribution in [-0.4, -0.2) is 0 Å². The maximum absolute atomic E-state index is 10.8. The molecule has 48 valence electrons. The normalized spacial score (nSPS) is 9.44. The summed E-state index contributed by atoms with van der Waals surface area (Å²) in [4.78, 5) is 0. The van der Waals surface area contributed by atoms with E-state index in [0.717, 1.165) is 5.56 Å². The van der Waals surface area contributed by atoms with Crippen molar-refractivity contribution in [3.8, 4) is 5.75 Å². The van der Waals surface area contributed by atoms with Gasteiger partial charge in [-0.1, -0.05) is 29.8 Å². The van der Waals surface area contributed by atoms with Crippen LogP contribution in [-0.2, 0) is 6.42 Å². The van der Waals surface area contributed by atoms with Gasteiger partial charge in [0.1, 0.15) is 0 Å². The molecular formula is C8H8O-2. The van der Waals surface area contributed by atoms with E-state index < -0.39 is 0 Å². The van der Waals surface area contributed by atoms with Gasteiger partial charge in [-0.15, -0.1) is 5.75 Å². The largest absolute Gasteiger partial charge is 0.872 e. The van der Waals surface area contributed by atoms with Crippen molar-refractivity contribution in [2.24, 2.45) is 0 Å². The van der Waals surface area contributed by atoms with E-state index in [2.05, 4.69) is 6.92 Å². The lowest BCUT2D eigenvalue weighted by atomic mass is 10.1. The molecule has 9 heavy (non-hydrogen) atoms. The second-order valence-corrected chi connectivity index (χ2v) is 1.86. The molecule has 1 aromatic carbocycles. The molecule has 1 heteroatoms. The fraction of sp³-hybridized carbons (Fsp3) is 0.125. The third-order valence-corrected chi connectivity index (χ3v) is 1.24. The highest BCUT2D eigenvalue weighted by Crippen LogP contribution is 2.11. The predicted octanol–water partition coefficient (Wildman–Crippen LogP) is 1.14. The number of benzene rings is 1. The van der Waals surface area contributed by atoms with Crippen LogP contribution in [0.2, 0.25) is 0 Å². The lowest BCUT2D eigenvalue weighted by Gasteiger charge is -2.12. The summed E-state index contributed by atoms with van der Waals surface area (Å²) in [5.41, 5.74) is 0.789. The molecule has 1 rings (SSSR count). The summed E-state index contributed by atoms with van der Waals surface area (Å²) in [6.07, 6.45) is 0.583. The summed E-state index contributed by atoms with van der Waals surface area (Å²) in [7, 11) is 0. The summed E-state index contributed by atoms with van der Waals surface area (Å²) in [5.74, 6) is 0.0903. The number of hydrogen-bond acceptors (Lipinski definition) is 1. The molecule has 0 amide bonds. The van der Waals surface area contributed by atoms with Gasteiger partial charge in [0.15, 0.2) is 0 Å². The molecule has 0 spiro atoms. The maximum Gasteiger partial charge on any atom is -0.0621 e. The molecule has 0 radical (unpaired) electrons. The number of rotatable bonds is 1. The van der Waals surface area contributed by atoms with Crippen molar-refractivity contribution in [3.05, 3.63) is 36.8 Å². The van der Waals surface area contributed by atoms with Gasteiger partial charge in [-0.3, -0.25) is 0 Å². The molecule has 1 nitrogen and oxygen atoms in total. The molecule has 0 N–H and O–H groups in total. The molecule has 0 aliphatic rings. The number of para-hydroxylation sites is 1. The van der Waals surface area contributed by atoms with E-state index in [0.29, 0.717) is 6.42 Å². The summed E-state index contributed by atoms with van der Waals surface area (Å²) in [6, 6.07) is 6.94. The molecule has 0 bridgehead atoms. The molecule has 1 aromatic rings. The van der Waals surface area contributed by atoms with Crippen LogP contribution in [0.1, 0.15) is 5.56 Å². The molecule has 0 aromatic heterocycles. The zero-order valence-corrected chi connectivity index (χ0v) is 5.13. The van der Waals surface area contributed by atoms with Gasteiger partial charge in [0.25, 0.3) is 0 Å². The summed E-state index contributed by atoms with van der Waals surface area (Å²) >= 11 is 0. The molecule has 0 aliphatic heterocycles. The van der Waals surface area contributed by atoms with Gasteiger partial charge in [-0.05, 0) is 0 Å². The Morgan fingerprint density at radius 2 is 2.00 bits per heavy atom. The third-order valence-electron chi connectivity index (χ3n) is 1.24. The van der Waals surface area contributed by atoms with Crippen LogP contribution in [0.4, 0.5) is 0 Å². The third kappa shape index (κ3) is 1.22. The first kappa shape index (κ1) is 6.14. The Labute approximate surface area is 55.0 Å². The van der Waals surface area contributed by atoms with Gasteiger partial charge in [-0.2, -0.15) is 6.42 Å². The monoisotopic (exact) mass is 120 g/mol. The van der Waals surface area contributed by atoms with Crippen LogP contribution < -0.4 is 5.11 Å². The van der Waals surface area contributed by atoms with E-state index in [1.54, 1.807) is 18.2 Å². The topological polar surface area (TPSA) is 23.1 Å². The molecule has 0 atom stereocenters. The van der Waals surface area contributed by atoms with Crippen molar-refractivity contribution < 1.29 is 5.11 Å². The standard InChI is InChI=1S/C8H9O/c1-2-7-5-3-4-6-8(7)9/h3-6,9H,1-2H2/q-1/p-1. The van der Waals surface area contributed by atoms with Crippen LogP contribution >= 0.6 is 0 Å². The maximum atomic E-state index is 10.8. The van der Waals surface area contributed by atoms with E-state index in [-0.39, 0.29) is 5.75 Å². The Morgan fingerprint density at radius 3 is 2.44 bits per heavy atom. The van der Waals surface area contributed by atoms with E-state index >= 15 is 0 Å². The van der Waals surface area contributed by atoms with E-state index in [4.69, 9.17) is 0 Å². The van der Waals surface area contributed by atoms with Crippen molar-refractivity contribution in [2.75, 3.05) is 0 Å². The molecular weight excluding hydrogens is 112 g/mol. The molecule has 0 fully saturated rings. The summed E-state index contributed by atoms with van der Waals surface area (Å²) < 4.78 is 0. The van der Waals surface area contributed by atoms with Crippen molar-refractivity contribution in [3.63, 3.8) is 0 Å². The van der Waals surface area contributed by atoms with E-state index in [1.807, 2.05) is 6.07 Å². The first-order valence-corrected chi connectivity index (χ1v) is 2.89. The van der Waals surface area contributed by atoms with Gasteiger partial charge in [-0.25, -0.2) is 0 Å². The van der Waals surface area contributed by atoms with Gasteiger partial charge in [0.05, 0.1) is 0 Å². The second kappa shape index (κ2) is 2.53. The lowest BCUT2D eigenvalue weighted by molar-refractivity contribution is -0.269. The van der Waals surface area contributed by atoms with E-state index in [1.165, 1.54) is 0 Å². The SMILES string of the molecule is [CH2-]Cc1ccccc1[O-]. The van der Waals surface area contributed by atoms with Gasteiger partial charge in [0.2, 0.25) is 0 Å². The summed E-state index contributed by atoms with van der Waals surface area (Å²) in [5, 5.41) is 10.8. The van der Waals surface area contributed by atoms with Crippen LogP contribution in [0.5, 0.6) is 5.75 Å². The van der Waals surface area contributed by atoms with Crippen molar-refractivity contribution in [1.29, 1.82) is 0 Å². The number of hydrogen-bond donors (Lipinski definition) is 0. The van der Waals surface area contributed by atoms with Crippen LogP contribution in [0.25, 0.3) is 0 Å². The highest BCUT2D eigenvalue weighted by atomic mass is 16.3. The van der Waals surface area contributed by atoms with Crippen LogP contribution in [0.3, 0.4) is 0 Å². The Balaban J connectivity index is 3.01. The van der Waals surface area contributed by atoms with Crippen LogP contribution in [0, 0.1) is 6.92 Å². The fourth-order valence-electron chi connectivity index (χ4n) is 0.710.